The summed E-state index contributed by atoms with van der Waals surface area (Å²) in [5, 5.41) is -0.682. The minimum atomic E-state index is -4.85. The summed E-state index contributed by atoms with van der Waals surface area (Å²) in [4.78, 5) is 14.9. The molecular formula is C14H9ClF4N2O. The summed E-state index contributed by atoms with van der Waals surface area (Å²) in [5.74, 6) is -1.94. The van der Waals surface area contributed by atoms with E-state index in [1.807, 2.05) is 0 Å². The zero-order valence-corrected chi connectivity index (χ0v) is 11.9. The molecule has 0 aliphatic heterocycles. The first kappa shape index (κ1) is 16.2. The predicted molar refractivity (Wildman–Crippen MR) is 72.9 cm³/mol. The lowest BCUT2D eigenvalue weighted by Crippen LogP contribution is -2.20. The Bertz CT molecular complexity index is 759. The van der Waals surface area contributed by atoms with Gasteiger partial charge in [-0.15, -0.1) is 0 Å². The molecular weight excluding hydrogens is 324 g/mol. The highest BCUT2D eigenvalue weighted by molar-refractivity contribution is 6.33. The van der Waals surface area contributed by atoms with Crippen LogP contribution in [0.2, 0.25) is 5.15 Å². The summed E-state index contributed by atoms with van der Waals surface area (Å²) >= 11 is 5.65. The molecule has 0 atom stereocenters. The first-order chi connectivity index (χ1) is 10.1. The molecule has 116 valence electrons. The highest BCUT2D eigenvalue weighted by atomic mass is 35.5. The maximum atomic E-state index is 13.6. The van der Waals surface area contributed by atoms with Crippen LogP contribution >= 0.6 is 11.6 Å². The van der Waals surface area contributed by atoms with Crippen molar-refractivity contribution in [1.29, 1.82) is 0 Å². The van der Waals surface area contributed by atoms with Gasteiger partial charge < -0.3 is 5.73 Å². The van der Waals surface area contributed by atoms with Crippen molar-refractivity contribution in [3.63, 3.8) is 0 Å². The molecule has 2 N–H and O–H groups in total. The Morgan fingerprint density at radius 2 is 1.91 bits per heavy atom. The third-order valence-corrected chi connectivity index (χ3v) is 3.27. The summed E-state index contributed by atoms with van der Waals surface area (Å²) in [6.45, 7) is 1.51. The van der Waals surface area contributed by atoms with Crippen LogP contribution < -0.4 is 5.73 Å². The van der Waals surface area contributed by atoms with Gasteiger partial charge in [0.2, 0.25) is 0 Å². The molecule has 0 aliphatic carbocycles. The molecule has 0 radical (unpaired) electrons. The van der Waals surface area contributed by atoms with Crippen LogP contribution in [-0.2, 0) is 6.18 Å². The van der Waals surface area contributed by atoms with E-state index in [0.717, 1.165) is 6.07 Å². The van der Waals surface area contributed by atoms with E-state index in [1.165, 1.54) is 19.1 Å². The van der Waals surface area contributed by atoms with Gasteiger partial charge in [0.25, 0.3) is 5.91 Å². The number of carbonyl (C=O) groups is 1. The zero-order chi connectivity index (χ0) is 16.7. The van der Waals surface area contributed by atoms with Crippen molar-refractivity contribution in [3.05, 3.63) is 51.9 Å². The number of aromatic nitrogens is 1. The van der Waals surface area contributed by atoms with Crippen LogP contribution in [0.5, 0.6) is 0 Å². The number of aryl methyl sites for hydroxylation is 1. The molecule has 8 heteroatoms. The monoisotopic (exact) mass is 332 g/mol. The molecule has 1 aromatic heterocycles. The standard InChI is InChI=1S/C14H9ClF4N2O/c1-6-2-3-7(4-9(6)16)10-5-8(14(17,18)19)11(13(20)22)12(15)21-10/h2-5H,1H3,(H2,20,22). The maximum Gasteiger partial charge on any atom is 0.417 e. The second-order valence-electron chi connectivity index (χ2n) is 4.55. The fourth-order valence-electron chi connectivity index (χ4n) is 1.87. The third kappa shape index (κ3) is 3.04. The predicted octanol–water partition coefficient (Wildman–Crippen LogP) is 3.97. The van der Waals surface area contributed by atoms with Gasteiger partial charge in [0.15, 0.2) is 0 Å². The fraction of sp³-hybridized carbons (Fsp3) is 0.143. The minimum absolute atomic E-state index is 0.103. The van der Waals surface area contributed by atoms with Gasteiger partial charge in [-0.1, -0.05) is 23.7 Å². The third-order valence-electron chi connectivity index (χ3n) is 2.99. The Hall–Kier alpha value is -2.15. The maximum absolute atomic E-state index is 13.6. The molecule has 0 fully saturated rings. The van der Waals surface area contributed by atoms with Crippen LogP contribution in [0.25, 0.3) is 11.3 Å². The molecule has 1 aromatic carbocycles. The Balaban J connectivity index is 2.71. The van der Waals surface area contributed by atoms with Crippen molar-refractivity contribution >= 4 is 17.5 Å². The number of alkyl halides is 3. The number of carbonyl (C=O) groups excluding carboxylic acids is 1. The van der Waals surface area contributed by atoms with E-state index in [-0.39, 0.29) is 11.3 Å². The summed E-state index contributed by atoms with van der Waals surface area (Å²) in [5.41, 5.74) is 2.93. The summed E-state index contributed by atoms with van der Waals surface area (Å²) in [7, 11) is 0. The van der Waals surface area contributed by atoms with Crippen molar-refractivity contribution in [3.8, 4) is 11.3 Å². The molecule has 2 rings (SSSR count). The highest BCUT2D eigenvalue weighted by Crippen LogP contribution is 2.37. The summed E-state index contributed by atoms with van der Waals surface area (Å²) in [6, 6.07) is 4.46. The van der Waals surface area contributed by atoms with E-state index >= 15 is 0 Å². The van der Waals surface area contributed by atoms with Crippen molar-refractivity contribution in [1.82, 2.24) is 4.98 Å². The van der Waals surface area contributed by atoms with E-state index in [1.54, 1.807) is 0 Å². The topological polar surface area (TPSA) is 56.0 Å². The fourth-order valence-corrected chi connectivity index (χ4v) is 2.16. The van der Waals surface area contributed by atoms with Crippen LogP contribution in [0.1, 0.15) is 21.5 Å². The quantitative estimate of drug-likeness (QED) is 0.668. The van der Waals surface area contributed by atoms with Crippen molar-refractivity contribution in [2.24, 2.45) is 5.73 Å². The van der Waals surface area contributed by atoms with Crippen molar-refractivity contribution < 1.29 is 22.4 Å². The number of hydrogen-bond donors (Lipinski definition) is 1. The van der Waals surface area contributed by atoms with Gasteiger partial charge in [0.1, 0.15) is 11.0 Å². The van der Waals surface area contributed by atoms with Gasteiger partial charge in [-0.3, -0.25) is 4.79 Å². The van der Waals surface area contributed by atoms with Gasteiger partial charge in [0, 0.05) is 5.56 Å². The van der Waals surface area contributed by atoms with Gasteiger partial charge in [-0.25, -0.2) is 9.37 Å². The van der Waals surface area contributed by atoms with Crippen LogP contribution in [0, 0.1) is 12.7 Å². The number of rotatable bonds is 2. The SMILES string of the molecule is Cc1ccc(-c2cc(C(F)(F)F)c(C(N)=O)c(Cl)n2)cc1F. The van der Waals surface area contributed by atoms with Gasteiger partial charge >= 0.3 is 6.18 Å². The normalized spacial score (nSPS) is 11.5. The summed E-state index contributed by atoms with van der Waals surface area (Å²) < 4.78 is 52.7. The summed E-state index contributed by atoms with van der Waals surface area (Å²) in [6.07, 6.45) is -4.85. The molecule has 0 aliphatic rings. The second-order valence-corrected chi connectivity index (χ2v) is 4.90. The van der Waals surface area contributed by atoms with Crippen LogP contribution in [0.3, 0.4) is 0 Å². The van der Waals surface area contributed by atoms with Crippen molar-refractivity contribution in [2.45, 2.75) is 13.1 Å². The zero-order valence-electron chi connectivity index (χ0n) is 11.1. The number of amides is 1. The average Bonchev–Trinajstić information content (AvgIpc) is 2.39. The Morgan fingerprint density at radius 1 is 1.27 bits per heavy atom. The number of benzene rings is 1. The first-order valence-corrected chi connectivity index (χ1v) is 6.33. The van der Waals surface area contributed by atoms with Gasteiger partial charge in [-0.05, 0) is 24.6 Å². The van der Waals surface area contributed by atoms with Crippen LogP contribution in [0.4, 0.5) is 17.6 Å². The Kier molecular flexibility index (Phi) is 4.10. The Morgan fingerprint density at radius 3 is 2.41 bits per heavy atom. The number of nitrogens with two attached hydrogens (primary N) is 1. The lowest BCUT2D eigenvalue weighted by Gasteiger charge is -2.14. The minimum Gasteiger partial charge on any atom is -0.365 e. The highest BCUT2D eigenvalue weighted by Gasteiger charge is 2.37. The van der Waals surface area contributed by atoms with Crippen LogP contribution in [-0.4, -0.2) is 10.9 Å². The van der Waals surface area contributed by atoms with E-state index < -0.39 is 34.2 Å². The molecule has 0 bridgehead atoms. The smallest absolute Gasteiger partial charge is 0.365 e. The number of hydrogen-bond acceptors (Lipinski definition) is 2. The number of nitrogens with zero attached hydrogens (tertiary/aromatic N) is 1. The van der Waals surface area contributed by atoms with Gasteiger partial charge in [0.05, 0.1) is 16.8 Å². The Labute approximate surface area is 127 Å². The lowest BCUT2D eigenvalue weighted by molar-refractivity contribution is -0.137. The largest absolute Gasteiger partial charge is 0.417 e. The van der Waals surface area contributed by atoms with E-state index in [4.69, 9.17) is 17.3 Å². The molecule has 2 aromatic rings. The molecule has 0 unspecified atom stereocenters. The van der Waals surface area contributed by atoms with Gasteiger partial charge in [-0.2, -0.15) is 13.2 Å². The molecule has 1 heterocycles. The molecule has 0 spiro atoms. The molecule has 1 amide bonds. The lowest BCUT2D eigenvalue weighted by atomic mass is 10.0. The average molecular weight is 333 g/mol. The van der Waals surface area contributed by atoms with E-state index in [0.29, 0.717) is 11.6 Å². The number of halogens is 5. The molecule has 3 nitrogen and oxygen atoms in total. The first-order valence-electron chi connectivity index (χ1n) is 5.95. The number of primary amides is 1. The van der Waals surface area contributed by atoms with Crippen LogP contribution in [0.15, 0.2) is 24.3 Å². The molecule has 0 saturated heterocycles. The van der Waals surface area contributed by atoms with E-state index in [2.05, 4.69) is 4.98 Å². The molecule has 0 saturated carbocycles. The molecule has 22 heavy (non-hydrogen) atoms. The van der Waals surface area contributed by atoms with E-state index in [9.17, 15) is 22.4 Å². The van der Waals surface area contributed by atoms with Crippen molar-refractivity contribution in [2.75, 3.05) is 0 Å². The second kappa shape index (κ2) is 5.57. The number of pyridine rings is 1.